The molecule has 0 spiro atoms. The lowest BCUT2D eigenvalue weighted by molar-refractivity contribution is -0.122. The van der Waals surface area contributed by atoms with Crippen molar-refractivity contribution in [3.63, 3.8) is 0 Å². The topological polar surface area (TPSA) is 91.0 Å². The number of halogens is 1. The highest BCUT2D eigenvalue weighted by Gasteiger charge is 2.37. The van der Waals surface area contributed by atoms with Crippen LogP contribution in [0.1, 0.15) is 17.0 Å². The maximum atomic E-state index is 14.2. The second-order valence-electron chi connectivity index (χ2n) is 6.26. The fraction of sp³-hybridized carbons (Fsp3) is 0.294. The van der Waals surface area contributed by atoms with Crippen LogP contribution < -0.4 is 10.2 Å². The molecule has 1 aliphatic heterocycles. The standard InChI is InChI=1S/C17H16FN5O2S/c1-8-9(2)26-17(19-8)20-16(25)10-6-13(24)23(7-10)15-14-11(18)4-3-5-12(14)21-22-15/h3-5,10H,6-7H2,1-2H3,(H,21,22)(H,19,20,25). The highest BCUT2D eigenvalue weighted by molar-refractivity contribution is 7.15. The van der Waals surface area contributed by atoms with Crippen molar-refractivity contribution in [2.45, 2.75) is 20.3 Å². The summed E-state index contributed by atoms with van der Waals surface area (Å²) in [5.41, 5.74) is 1.38. The Kier molecular flexibility index (Phi) is 3.95. The van der Waals surface area contributed by atoms with Crippen molar-refractivity contribution >= 4 is 45.0 Å². The summed E-state index contributed by atoms with van der Waals surface area (Å²) in [6, 6.07) is 4.58. The molecule has 2 N–H and O–H groups in total. The van der Waals surface area contributed by atoms with Gasteiger partial charge in [0.2, 0.25) is 11.8 Å². The van der Waals surface area contributed by atoms with Crippen molar-refractivity contribution in [1.82, 2.24) is 15.2 Å². The number of nitrogens with zero attached hydrogens (tertiary/aromatic N) is 3. The van der Waals surface area contributed by atoms with Crippen LogP contribution in [0, 0.1) is 25.6 Å². The van der Waals surface area contributed by atoms with E-state index in [1.54, 1.807) is 12.1 Å². The third-order valence-electron chi connectivity index (χ3n) is 4.53. The molecule has 9 heteroatoms. The number of aromatic amines is 1. The van der Waals surface area contributed by atoms with E-state index < -0.39 is 11.7 Å². The van der Waals surface area contributed by atoms with E-state index in [4.69, 9.17) is 0 Å². The summed E-state index contributed by atoms with van der Waals surface area (Å²) in [6.07, 6.45) is 0.0536. The van der Waals surface area contributed by atoms with Crippen molar-refractivity contribution in [3.8, 4) is 0 Å². The fourth-order valence-electron chi connectivity index (χ4n) is 3.03. The van der Waals surface area contributed by atoms with Crippen LogP contribution >= 0.6 is 11.3 Å². The second kappa shape index (κ2) is 6.17. The van der Waals surface area contributed by atoms with Gasteiger partial charge in [-0.05, 0) is 26.0 Å². The van der Waals surface area contributed by atoms with Gasteiger partial charge in [-0.3, -0.25) is 19.6 Å². The van der Waals surface area contributed by atoms with Gasteiger partial charge in [-0.2, -0.15) is 5.10 Å². The number of hydrogen-bond acceptors (Lipinski definition) is 5. The monoisotopic (exact) mass is 373 g/mol. The van der Waals surface area contributed by atoms with Crippen LogP contribution in [0.2, 0.25) is 0 Å². The molecule has 2 aromatic heterocycles. The van der Waals surface area contributed by atoms with E-state index in [0.29, 0.717) is 10.6 Å². The van der Waals surface area contributed by atoms with Crippen molar-refractivity contribution in [1.29, 1.82) is 0 Å². The molecule has 1 aliphatic rings. The number of H-pyrrole nitrogens is 1. The second-order valence-corrected chi connectivity index (χ2v) is 7.47. The number of thiazole rings is 1. The van der Waals surface area contributed by atoms with E-state index in [1.807, 2.05) is 13.8 Å². The Morgan fingerprint density at radius 2 is 2.23 bits per heavy atom. The van der Waals surface area contributed by atoms with Crippen LogP contribution in [-0.2, 0) is 9.59 Å². The Bertz CT molecular complexity index is 1010. The highest BCUT2D eigenvalue weighted by atomic mass is 32.1. The summed E-state index contributed by atoms with van der Waals surface area (Å²) in [7, 11) is 0. The zero-order valence-electron chi connectivity index (χ0n) is 14.2. The summed E-state index contributed by atoms with van der Waals surface area (Å²) in [4.78, 5) is 31.6. The summed E-state index contributed by atoms with van der Waals surface area (Å²) < 4.78 is 14.2. The molecule has 0 bridgehead atoms. The first-order valence-corrected chi connectivity index (χ1v) is 8.93. The van der Waals surface area contributed by atoms with E-state index in [1.165, 1.54) is 22.3 Å². The lowest BCUT2D eigenvalue weighted by Crippen LogP contribution is -2.28. The molecule has 1 saturated heterocycles. The van der Waals surface area contributed by atoms with Gasteiger partial charge in [0.15, 0.2) is 10.9 Å². The van der Waals surface area contributed by atoms with Crippen LogP contribution in [0.25, 0.3) is 10.9 Å². The van der Waals surface area contributed by atoms with Crippen LogP contribution in [0.4, 0.5) is 15.3 Å². The molecule has 1 atom stereocenters. The molecular formula is C17H16FN5O2S. The summed E-state index contributed by atoms with van der Waals surface area (Å²) >= 11 is 1.40. The molecule has 1 aromatic carbocycles. The Balaban J connectivity index is 1.55. The lowest BCUT2D eigenvalue weighted by atomic mass is 10.1. The molecule has 2 amide bonds. The molecule has 0 aliphatic carbocycles. The van der Waals surface area contributed by atoms with Crippen molar-refractivity contribution in [3.05, 3.63) is 34.6 Å². The molecule has 134 valence electrons. The number of anilines is 2. The van der Waals surface area contributed by atoms with Crippen LogP contribution in [-0.4, -0.2) is 33.5 Å². The zero-order chi connectivity index (χ0) is 18.4. The Morgan fingerprint density at radius 3 is 2.96 bits per heavy atom. The highest BCUT2D eigenvalue weighted by Crippen LogP contribution is 2.32. The predicted octanol–water partition coefficient (Wildman–Crippen LogP) is 2.77. The first-order valence-electron chi connectivity index (χ1n) is 8.12. The van der Waals surface area contributed by atoms with E-state index in [0.717, 1.165) is 10.6 Å². The Hall–Kier alpha value is -2.81. The maximum Gasteiger partial charge on any atom is 0.231 e. The number of carbonyl (C=O) groups excluding carboxylic acids is 2. The number of hydrogen-bond donors (Lipinski definition) is 2. The van der Waals surface area contributed by atoms with Gasteiger partial charge in [-0.15, -0.1) is 11.3 Å². The van der Waals surface area contributed by atoms with Gasteiger partial charge in [0, 0.05) is 17.8 Å². The number of carbonyl (C=O) groups is 2. The van der Waals surface area contributed by atoms with Crippen molar-refractivity contribution < 1.29 is 14.0 Å². The van der Waals surface area contributed by atoms with E-state index in [9.17, 15) is 14.0 Å². The predicted molar refractivity (Wildman–Crippen MR) is 96.7 cm³/mol. The minimum absolute atomic E-state index is 0.0536. The number of aromatic nitrogens is 3. The summed E-state index contributed by atoms with van der Waals surface area (Å²) in [6.45, 7) is 3.96. The molecule has 3 heterocycles. The Morgan fingerprint density at radius 1 is 1.42 bits per heavy atom. The van der Waals surface area contributed by atoms with Gasteiger partial charge < -0.3 is 5.32 Å². The number of nitrogens with one attached hydrogen (secondary N) is 2. The minimum Gasteiger partial charge on any atom is -0.302 e. The number of amides is 2. The van der Waals surface area contributed by atoms with E-state index in [-0.39, 0.29) is 36.0 Å². The van der Waals surface area contributed by atoms with Crippen LogP contribution in [0.15, 0.2) is 18.2 Å². The Labute approximate surface area is 152 Å². The average Bonchev–Trinajstić information content (AvgIpc) is 3.26. The molecule has 4 rings (SSSR count). The molecule has 1 fully saturated rings. The normalized spacial score (nSPS) is 17.3. The lowest BCUT2D eigenvalue weighted by Gasteiger charge is -2.14. The van der Waals surface area contributed by atoms with Crippen LogP contribution in [0.5, 0.6) is 0 Å². The summed E-state index contributed by atoms with van der Waals surface area (Å²) in [5, 5.41) is 10.4. The third-order valence-corrected chi connectivity index (χ3v) is 5.52. The van der Waals surface area contributed by atoms with Crippen molar-refractivity contribution in [2.24, 2.45) is 5.92 Å². The zero-order valence-corrected chi connectivity index (χ0v) is 15.0. The molecule has 0 saturated carbocycles. The maximum absolute atomic E-state index is 14.2. The fourth-order valence-corrected chi connectivity index (χ4v) is 3.85. The summed E-state index contributed by atoms with van der Waals surface area (Å²) in [5.74, 6) is -1.30. The molecule has 3 aromatic rings. The van der Waals surface area contributed by atoms with Gasteiger partial charge in [0.25, 0.3) is 0 Å². The smallest absolute Gasteiger partial charge is 0.231 e. The van der Waals surface area contributed by atoms with Crippen molar-refractivity contribution in [2.75, 3.05) is 16.8 Å². The number of fused-ring (bicyclic) bond motifs is 1. The van der Waals surface area contributed by atoms with Gasteiger partial charge in [-0.1, -0.05) is 6.07 Å². The number of aryl methyl sites for hydroxylation is 2. The number of benzene rings is 1. The third kappa shape index (κ3) is 2.74. The number of rotatable bonds is 3. The average molecular weight is 373 g/mol. The largest absolute Gasteiger partial charge is 0.302 e. The minimum atomic E-state index is -0.537. The molecule has 7 nitrogen and oxygen atoms in total. The van der Waals surface area contributed by atoms with Gasteiger partial charge in [0.05, 0.1) is 22.5 Å². The quantitative estimate of drug-likeness (QED) is 0.739. The molecular weight excluding hydrogens is 357 g/mol. The first-order chi connectivity index (χ1) is 12.4. The SMILES string of the molecule is Cc1nc(NC(=O)C2CC(=O)N(c3n[nH]c4cccc(F)c34)C2)sc1C. The van der Waals surface area contributed by atoms with Gasteiger partial charge >= 0.3 is 0 Å². The van der Waals surface area contributed by atoms with Crippen LogP contribution in [0.3, 0.4) is 0 Å². The van der Waals surface area contributed by atoms with Gasteiger partial charge in [-0.25, -0.2) is 9.37 Å². The molecule has 1 unspecified atom stereocenters. The van der Waals surface area contributed by atoms with Gasteiger partial charge in [0.1, 0.15) is 5.82 Å². The van der Waals surface area contributed by atoms with E-state index >= 15 is 0 Å². The molecule has 0 radical (unpaired) electrons. The molecule has 26 heavy (non-hydrogen) atoms. The first kappa shape index (κ1) is 16.6. The van der Waals surface area contributed by atoms with E-state index in [2.05, 4.69) is 20.5 Å².